The number of aromatic nitrogens is 1. The van der Waals surface area contributed by atoms with Gasteiger partial charge >= 0.3 is 10.8 Å². The number of thiazole rings is 1. The molecule has 2 saturated carbocycles. The minimum Gasteiger partial charge on any atom is -0.480 e. The number of carboxylic acids is 1. The SMILES string of the molecule is CC(C)[C@H](C(=O)O)N1C(=O)[C@@H]2[C@H]3C[C@@H]([C@@H]2C1=O)[C@@H]1[C@H]3Sc2[nH]c(=O)sc2C1(C)C. The van der Waals surface area contributed by atoms with Crippen molar-refractivity contribution in [3.05, 3.63) is 14.5 Å². The van der Waals surface area contributed by atoms with Crippen molar-refractivity contribution in [3.8, 4) is 0 Å². The molecule has 156 valence electrons. The summed E-state index contributed by atoms with van der Waals surface area (Å²) in [7, 11) is 0. The number of carbonyl (C=O) groups excluding carboxylic acids is 2. The molecule has 2 bridgehead atoms. The van der Waals surface area contributed by atoms with Gasteiger partial charge < -0.3 is 10.1 Å². The van der Waals surface area contributed by atoms with Crippen LogP contribution in [0.5, 0.6) is 0 Å². The molecule has 3 heterocycles. The van der Waals surface area contributed by atoms with E-state index in [1.54, 1.807) is 25.6 Å². The number of hydrogen-bond acceptors (Lipinski definition) is 6. The van der Waals surface area contributed by atoms with Crippen LogP contribution in [-0.4, -0.2) is 44.1 Å². The first-order valence-electron chi connectivity index (χ1n) is 10.1. The van der Waals surface area contributed by atoms with Crippen LogP contribution in [0.1, 0.15) is 39.0 Å². The number of thioether (sulfide) groups is 1. The number of H-pyrrole nitrogens is 1. The van der Waals surface area contributed by atoms with E-state index in [1.807, 2.05) is 0 Å². The van der Waals surface area contributed by atoms with Gasteiger partial charge in [0.15, 0.2) is 0 Å². The number of carboxylic acid groups (broad SMARTS) is 1. The molecule has 1 saturated heterocycles. The van der Waals surface area contributed by atoms with Gasteiger partial charge in [0.2, 0.25) is 11.8 Å². The van der Waals surface area contributed by atoms with Gasteiger partial charge in [-0.05, 0) is 30.1 Å². The lowest BCUT2D eigenvalue weighted by molar-refractivity contribution is -0.157. The van der Waals surface area contributed by atoms with Crippen molar-refractivity contribution in [2.24, 2.45) is 35.5 Å². The molecule has 29 heavy (non-hydrogen) atoms. The van der Waals surface area contributed by atoms with E-state index in [4.69, 9.17) is 0 Å². The maximum Gasteiger partial charge on any atom is 0.327 e. The average Bonchev–Trinajstić information content (AvgIpc) is 3.32. The third-order valence-electron chi connectivity index (χ3n) is 7.59. The molecule has 4 aliphatic rings. The highest BCUT2D eigenvalue weighted by molar-refractivity contribution is 8.00. The molecule has 2 amide bonds. The van der Waals surface area contributed by atoms with Crippen LogP contribution >= 0.6 is 23.1 Å². The molecule has 9 heteroatoms. The van der Waals surface area contributed by atoms with Crippen molar-refractivity contribution in [2.75, 3.05) is 0 Å². The molecule has 1 aromatic heterocycles. The van der Waals surface area contributed by atoms with Crippen LogP contribution in [0, 0.1) is 35.5 Å². The minimum atomic E-state index is -1.12. The van der Waals surface area contributed by atoms with Crippen molar-refractivity contribution >= 4 is 40.9 Å². The van der Waals surface area contributed by atoms with Gasteiger partial charge in [0.25, 0.3) is 0 Å². The summed E-state index contributed by atoms with van der Waals surface area (Å²) in [6, 6.07) is -1.11. The van der Waals surface area contributed by atoms with Gasteiger partial charge in [0.05, 0.1) is 16.9 Å². The molecule has 0 spiro atoms. The van der Waals surface area contributed by atoms with Gasteiger partial charge in [-0.15, -0.1) is 11.8 Å². The van der Waals surface area contributed by atoms with Gasteiger partial charge in [-0.25, -0.2) is 4.79 Å². The van der Waals surface area contributed by atoms with Gasteiger partial charge in [-0.2, -0.15) is 0 Å². The fraction of sp³-hybridized carbons (Fsp3) is 0.700. The number of imide groups is 1. The van der Waals surface area contributed by atoms with Crippen LogP contribution in [0.15, 0.2) is 9.82 Å². The number of amides is 2. The molecule has 2 N–H and O–H groups in total. The molecule has 5 rings (SSSR count). The van der Waals surface area contributed by atoms with E-state index >= 15 is 0 Å². The van der Waals surface area contributed by atoms with Crippen LogP contribution in [0.3, 0.4) is 0 Å². The Morgan fingerprint density at radius 3 is 2.38 bits per heavy atom. The summed E-state index contributed by atoms with van der Waals surface area (Å²) < 4.78 is 0. The van der Waals surface area contributed by atoms with Crippen LogP contribution in [0.2, 0.25) is 0 Å². The van der Waals surface area contributed by atoms with Crippen LogP contribution < -0.4 is 4.87 Å². The quantitative estimate of drug-likeness (QED) is 0.703. The summed E-state index contributed by atoms with van der Waals surface area (Å²) in [5, 5.41) is 10.7. The topological polar surface area (TPSA) is 108 Å². The first kappa shape index (κ1) is 19.4. The Hall–Kier alpha value is -1.61. The van der Waals surface area contributed by atoms with Gasteiger partial charge in [-0.3, -0.25) is 19.3 Å². The molecule has 2 aliphatic carbocycles. The van der Waals surface area contributed by atoms with Crippen LogP contribution in [-0.2, 0) is 19.8 Å². The smallest absolute Gasteiger partial charge is 0.327 e. The molecule has 0 radical (unpaired) electrons. The number of rotatable bonds is 3. The van der Waals surface area contributed by atoms with E-state index in [9.17, 15) is 24.3 Å². The second kappa shape index (κ2) is 5.97. The van der Waals surface area contributed by atoms with Crippen LogP contribution in [0.4, 0.5) is 0 Å². The monoisotopic (exact) mass is 436 g/mol. The zero-order chi connectivity index (χ0) is 21.0. The zero-order valence-electron chi connectivity index (χ0n) is 16.7. The summed E-state index contributed by atoms with van der Waals surface area (Å²) in [4.78, 5) is 55.4. The Morgan fingerprint density at radius 2 is 1.79 bits per heavy atom. The fourth-order valence-electron chi connectivity index (χ4n) is 6.64. The number of hydrogen-bond donors (Lipinski definition) is 2. The van der Waals surface area contributed by atoms with Crippen molar-refractivity contribution in [2.45, 2.75) is 55.8 Å². The number of aliphatic carboxylic acids is 1. The molecule has 7 atom stereocenters. The maximum absolute atomic E-state index is 13.4. The Balaban J connectivity index is 1.56. The van der Waals surface area contributed by atoms with Crippen molar-refractivity contribution in [3.63, 3.8) is 0 Å². The third kappa shape index (κ3) is 2.31. The lowest BCUT2D eigenvalue weighted by atomic mass is 9.64. The average molecular weight is 437 g/mol. The third-order valence-corrected chi connectivity index (χ3v) is 10.4. The largest absolute Gasteiger partial charge is 0.480 e. The number of carbonyl (C=O) groups is 3. The van der Waals surface area contributed by atoms with Crippen molar-refractivity contribution in [1.29, 1.82) is 0 Å². The number of nitrogens with zero attached hydrogens (tertiary/aromatic N) is 1. The minimum absolute atomic E-state index is 0.0406. The number of likely N-dealkylation sites (tertiary alicyclic amines) is 1. The first-order chi connectivity index (χ1) is 13.6. The van der Waals surface area contributed by atoms with E-state index in [-0.39, 0.29) is 51.0 Å². The Morgan fingerprint density at radius 1 is 1.17 bits per heavy atom. The van der Waals surface area contributed by atoms with E-state index < -0.39 is 23.8 Å². The molecule has 7 nitrogen and oxygen atoms in total. The maximum atomic E-state index is 13.4. The highest BCUT2D eigenvalue weighted by atomic mass is 32.2. The number of fused-ring (bicyclic) bond motifs is 9. The summed E-state index contributed by atoms with van der Waals surface area (Å²) in [6.45, 7) is 7.73. The van der Waals surface area contributed by atoms with E-state index in [1.165, 1.54) is 11.3 Å². The summed E-state index contributed by atoms with van der Waals surface area (Å²) >= 11 is 2.89. The highest BCUT2D eigenvalue weighted by Crippen LogP contribution is 2.69. The van der Waals surface area contributed by atoms with Gasteiger partial charge in [-0.1, -0.05) is 39.0 Å². The van der Waals surface area contributed by atoms with E-state index in [2.05, 4.69) is 18.8 Å². The lowest BCUT2D eigenvalue weighted by Gasteiger charge is -2.47. The van der Waals surface area contributed by atoms with E-state index in [0.717, 1.165) is 21.2 Å². The summed E-state index contributed by atoms with van der Waals surface area (Å²) in [6.07, 6.45) is 0.824. The summed E-state index contributed by atoms with van der Waals surface area (Å²) in [5.41, 5.74) is -0.263. The Labute approximate surface area is 176 Å². The number of aromatic amines is 1. The van der Waals surface area contributed by atoms with Gasteiger partial charge in [0, 0.05) is 15.5 Å². The first-order valence-corrected chi connectivity index (χ1v) is 11.7. The zero-order valence-corrected chi connectivity index (χ0v) is 18.3. The fourth-order valence-corrected chi connectivity index (χ4v) is 9.80. The second-order valence-electron chi connectivity index (χ2n) is 9.69. The van der Waals surface area contributed by atoms with Crippen LogP contribution in [0.25, 0.3) is 0 Å². The predicted molar refractivity (Wildman–Crippen MR) is 108 cm³/mol. The second-order valence-corrected chi connectivity index (χ2v) is 11.9. The van der Waals surface area contributed by atoms with Crippen molar-refractivity contribution in [1.82, 2.24) is 9.88 Å². The predicted octanol–water partition coefficient (Wildman–Crippen LogP) is 2.16. The molecule has 1 aromatic rings. The number of nitrogens with one attached hydrogen (secondary N) is 1. The highest BCUT2D eigenvalue weighted by Gasteiger charge is 2.71. The molecule has 2 aliphatic heterocycles. The molecule has 0 aromatic carbocycles. The Bertz CT molecular complexity index is 995. The lowest BCUT2D eigenvalue weighted by Crippen LogP contribution is -2.49. The summed E-state index contributed by atoms with van der Waals surface area (Å²) in [5.74, 6) is -2.66. The van der Waals surface area contributed by atoms with Crippen molar-refractivity contribution < 1.29 is 19.5 Å². The standard InChI is InChI=1S/C20H24N2O5S2/c1-6(2)12(18(25)26)22-16(23)9-7-5-8(10(9)17(22)24)13-11(7)20(3,4)14-15(28-13)21-19(27)29-14/h6-13H,5H2,1-4H3,(H,21,27)(H,25,26)/t7-,8+,9-,10+,11+,12+,13-/m0/s1. The molecule has 3 fully saturated rings. The molecular formula is C20H24N2O5S2. The van der Waals surface area contributed by atoms with Gasteiger partial charge in [0.1, 0.15) is 6.04 Å². The Kier molecular flexibility index (Phi) is 3.98. The normalized spacial score (nSPS) is 37.6. The molecular weight excluding hydrogens is 412 g/mol. The van der Waals surface area contributed by atoms with E-state index in [0.29, 0.717) is 0 Å². The molecule has 0 unspecified atom stereocenters.